The fourth-order valence-electron chi connectivity index (χ4n) is 4.96. The molecule has 176 valence electrons. The van der Waals surface area contributed by atoms with E-state index in [1.54, 1.807) is 6.07 Å². The Bertz CT molecular complexity index is 1070. The van der Waals surface area contributed by atoms with E-state index in [1.165, 1.54) is 6.07 Å². The van der Waals surface area contributed by atoms with Gasteiger partial charge in [0.15, 0.2) is 0 Å². The van der Waals surface area contributed by atoms with Crippen LogP contribution in [-0.2, 0) is 6.18 Å². The average Bonchev–Trinajstić information content (AvgIpc) is 2.98. The second-order valence-corrected chi connectivity index (χ2v) is 11.2. The molecule has 0 bridgehead atoms. The first kappa shape index (κ1) is 24.2. The SMILES string of the molecule is CC(C)(C)C1CCC2(CC1)C(Nc1cccc(C(F)(F)F)c1)=NC(=S)N2c1ccc(Br)cc1. The molecule has 3 nitrogen and oxygen atoms in total. The van der Waals surface area contributed by atoms with Gasteiger partial charge in [0.25, 0.3) is 0 Å². The Kier molecular flexibility index (Phi) is 6.37. The van der Waals surface area contributed by atoms with E-state index in [0.717, 1.165) is 48.0 Å². The molecular formula is C25H27BrF3N3S. The van der Waals surface area contributed by atoms with Crippen LogP contribution in [0.4, 0.5) is 24.5 Å². The molecule has 1 heterocycles. The van der Waals surface area contributed by atoms with Crippen LogP contribution in [0.2, 0.25) is 0 Å². The maximum atomic E-state index is 13.3. The molecule has 0 saturated heterocycles. The number of alkyl halides is 3. The third-order valence-corrected chi connectivity index (χ3v) is 7.65. The molecule has 2 aromatic rings. The minimum absolute atomic E-state index is 0.189. The van der Waals surface area contributed by atoms with Crippen molar-refractivity contribution in [1.29, 1.82) is 0 Å². The molecule has 2 aliphatic rings. The normalized spacial score (nSPS) is 23.7. The third kappa shape index (κ3) is 4.83. The van der Waals surface area contributed by atoms with Gasteiger partial charge in [-0.15, -0.1) is 0 Å². The fraction of sp³-hybridized carbons (Fsp3) is 0.440. The maximum absolute atomic E-state index is 13.3. The zero-order chi connectivity index (χ0) is 24.0. The average molecular weight is 538 g/mol. The van der Waals surface area contributed by atoms with E-state index in [-0.39, 0.29) is 5.41 Å². The highest BCUT2D eigenvalue weighted by Gasteiger charge is 2.51. The van der Waals surface area contributed by atoms with Crippen LogP contribution in [0.15, 0.2) is 58.0 Å². The summed E-state index contributed by atoms with van der Waals surface area (Å²) in [6.45, 7) is 6.78. The molecule has 1 N–H and O–H groups in total. The van der Waals surface area contributed by atoms with Gasteiger partial charge < -0.3 is 10.2 Å². The third-order valence-electron chi connectivity index (χ3n) is 6.84. The number of benzene rings is 2. The Morgan fingerprint density at radius 1 is 1.06 bits per heavy atom. The molecule has 1 saturated carbocycles. The summed E-state index contributed by atoms with van der Waals surface area (Å²) in [6, 6.07) is 13.2. The van der Waals surface area contributed by atoms with E-state index in [1.807, 2.05) is 24.3 Å². The van der Waals surface area contributed by atoms with Gasteiger partial charge in [-0.1, -0.05) is 42.8 Å². The van der Waals surface area contributed by atoms with Crippen molar-refractivity contribution >= 4 is 50.5 Å². The predicted molar refractivity (Wildman–Crippen MR) is 136 cm³/mol. The summed E-state index contributed by atoms with van der Waals surface area (Å²) < 4.78 is 40.8. The molecule has 1 aliphatic heterocycles. The first-order valence-electron chi connectivity index (χ1n) is 11.0. The molecular weight excluding hydrogens is 511 g/mol. The van der Waals surface area contributed by atoms with E-state index in [9.17, 15) is 13.2 Å². The predicted octanol–water partition coefficient (Wildman–Crippen LogP) is 8.06. The summed E-state index contributed by atoms with van der Waals surface area (Å²) >= 11 is 9.18. The van der Waals surface area contributed by atoms with Gasteiger partial charge in [0.1, 0.15) is 11.4 Å². The first-order valence-corrected chi connectivity index (χ1v) is 12.2. The fourth-order valence-corrected chi connectivity index (χ4v) is 5.60. The summed E-state index contributed by atoms with van der Waals surface area (Å²) in [4.78, 5) is 6.78. The van der Waals surface area contributed by atoms with E-state index in [4.69, 9.17) is 12.2 Å². The first-order chi connectivity index (χ1) is 15.4. The molecule has 0 atom stereocenters. The Hall–Kier alpha value is -1.93. The van der Waals surface area contributed by atoms with Crippen molar-refractivity contribution in [2.75, 3.05) is 10.2 Å². The Labute approximate surface area is 206 Å². The van der Waals surface area contributed by atoms with E-state index in [0.29, 0.717) is 22.6 Å². The van der Waals surface area contributed by atoms with E-state index >= 15 is 0 Å². The number of nitrogens with one attached hydrogen (secondary N) is 1. The maximum Gasteiger partial charge on any atom is 0.416 e. The smallest absolute Gasteiger partial charge is 0.342 e. The highest BCUT2D eigenvalue weighted by Crippen LogP contribution is 2.48. The number of nitrogens with zero attached hydrogens (tertiary/aromatic N) is 2. The van der Waals surface area contributed by atoms with Crippen LogP contribution in [0.3, 0.4) is 0 Å². The van der Waals surface area contributed by atoms with Gasteiger partial charge in [0, 0.05) is 15.8 Å². The molecule has 1 aliphatic carbocycles. The van der Waals surface area contributed by atoms with Gasteiger partial charge in [0.2, 0.25) is 5.11 Å². The van der Waals surface area contributed by atoms with Crippen molar-refractivity contribution in [2.45, 2.75) is 58.2 Å². The second kappa shape index (κ2) is 8.69. The summed E-state index contributed by atoms with van der Waals surface area (Å²) in [5.41, 5.74) is 0.280. The van der Waals surface area contributed by atoms with Gasteiger partial charge in [-0.25, -0.2) is 4.99 Å². The topological polar surface area (TPSA) is 27.6 Å². The highest BCUT2D eigenvalue weighted by atomic mass is 79.9. The van der Waals surface area contributed by atoms with Crippen molar-refractivity contribution in [3.63, 3.8) is 0 Å². The second-order valence-electron chi connectivity index (χ2n) is 9.93. The monoisotopic (exact) mass is 537 g/mol. The quantitative estimate of drug-likeness (QED) is 0.392. The minimum atomic E-state index is -4.41. The van der Waals surface area contributed by atoms with E-state index < -0.39 is 17.3 Å². The highest BCUT2D eigenvalue weighted by molar-refractivity contribution is 9.10. The van der Waals surface area contributed by atoms with Gasteiger partial charge in [-0.2, -0.15) is 13.2 Å². The van der Waals surface area contributed by atoms with Gasteiger partial charge in [-0.05, 0) is 91.7 Å². The van der Waals surface area contributed by atoms with E-state index in [2.05, 4.69) is 51.9 Å². The molecule has 1 fully saturated rings. The van der Waals surface area contributed by atoms with Gasteiger partial charge >= 0.3 is 6.18 Å². The Balaban J connectivity index is 1.71. The number of amidine groups is 1. The van der Waals surface area contributed by atoms with Crippen molar-refractivity contribution in [2.24, 2.45) is 16.3 Å². The van der Waals surface area contributed by atoms with Crippen LogP contribution in [0.1, 0.15) is 52.0 Å². The lowest BCUT2D eigenvalue weighted by Gasteiger charge is -2.47. The zero-order valence-electron chi connectivity index (χ0n) is 18.8. The molecule has 0 radical (unpaired) electrons. The molecule has 1 spiro atoms. The van der Waals surface area contributed by atoms with Gasteiger partial charge in [0.05, 0.1) is 5.56 Å². The number of aliphatic imine (C=N–C) groups is 1. The molecule has 8 heteroatoms. The standard InChI is InChI=1S/C25H27BrF3N3S/c1-23(2,3)16-11-13-24(14-12-16)21(30-19-6-4-5-17(15-19)25(27,28)29)31-22(33)32(24)20-9-7-18(26)8-10-20/h4-10,15-16H,11-14H2,1-3H3,(H,30,31,33). The zero-order valence-corrected chi connectivity index (χ0v) is 21.2. The van der Waals surface area contributed by atoms with Crippen LogP contribution < -0.4 is 10.2 Å². The number of halogens is 4. The molecule has 0 amide bonds. The lowest BCUT2D eigenvalue weighted by atomic mass is 9.66. The summed E-state index contributed by atoms with van der Waals surface area (Å²) in [5.74, 6) is 1.18. The molecule has 4 rings (SSSR count). The number of thiocarbonyl (C=S) groups is 1. The van der Waals surface area contributed by atoms with Crippen molar-refractivity contribution in [1.82, 2.24) is 0 Å². The van der Waals surface area contributed by atoms with Gasteiger partial charge in [-0.3, -0.25) is 0 Å². The Morgan fingerprint density at radius 2 is 1.70 bits per heavy atom. The van der Waals surface area contributed by atoms with Crippen LogP contribution in [0.25, 0.3) is 0 Å². The largest absolute Gasteiger partial charge is 0.416 e. The summed E-state index contributed by atoms with van der Waals surface area (Å²) in [6.07, 6.45) is -0.798. The number of hydrogen-bond donors (Lipinski definition) is 1. The van der Waals surface area contributed by atoms with Crippen LogP contribution in [-0.4, -0.2) is 16.5 Å². The van der Waals surface area contributed by atoms with Crippen LogP contribution in [0, 0.1) is 11.3 Å². The lowest BCUT2D eigenvalue weighted by molar-refractivity contribution is -0.137. The number of hydrogen-bond acceptors (Lipinski definition) is 2. The van der Waals surface area contributed by atoms with Crippen LogP contribution >= 0.6 is 28.1 Å². The number of anilines is 2. The summed E-state index contributed by atoms with van der Waals surface area (Å²) in [5, 5.41) is 3.65. The van der Waals surface area contributed by atoms with Crippen molar-refractivity contribution in [3.05, 3.63) is 58.6 Å². The lowest BCUT2D eigenvalue weighted by Crippen LogP contribution is -2.56. The molecule has 0 aromatic heterocycles. The van der Waals surface area contributed by atoms with Crippen LogP contribution in [0.5, 0.6) is 0 Å². The Morgan fingerprint density at radius 3 is 2.27 bits per heavy atom. The molecule has 33 heavy (non-hydrogen) atoms. The number of rotatable bonds is 2. The molecule has 0 unspecified atom stereocenters. The summed E-state index contributed by atoms with van der Waals surface area (Å²) in [7, 11) is 0. The van der Waals surface area contributed by atoms with Crippen molar-refractivity contribution < 1.29 is 13.2 Å². The minimum Gasteiger partial charge on any atom is -0.342 e. The molecule has 2 aromatic carbocycles. The van der Waals surface area contributed by atoms with Crippen molar-refractivity contribution in [3.8, 4) is 0 Å².